The molecule has 1 aromatic rings. The number of nitrogens with zero attached hydrogens (tertiary/aromatic N) is 1. The van der Waals surface area contributed by atoms with Crippen LogP contribution in [0.25, 0.3) is 0 Å². The fourth-order valence-corrected chi connectivity index (χ4v) is 2.24. The summed E-state index contributed by atoms with van der Waals surface area (Å²) in [5.74, 6) is -0.736. The molecule has 0 aliphatic carbocycles. The van der Waals surface area contributed by atoms with E-state index in [-0.39, 0.29) is 24.7 Å². The van der Waals surface area contributed by atoms with E-state index in [1.54, 1.807) is 0 Å². The smallest absolute Gasteiger partial charge is 0.329 e. The summed E-state index contributed by atoms with van der Waals surface area (Å²) in [6, 6.07) is 8.51. The average Bonchev–Trinajstić information content (AvgIpc) is 2.45. The third kappa shape index (κ3) is 3.44. The molecule has 106 valence electrons. The van der Waals surface area contributed by atoms with Gasteiger partial charge in [-0.25, -0.2) is 4.79 Å². The summed E-state index contributed by atoms with van der Waals surface area (Å²) >= 11 is 0. The van der Waals surface area contributed by atoms with Gasteiger partial charge in [-0.15, -0.1) is 0 Å². The topological polar surface area (TPSA) is 63.7 Å². The van der Waals surface area contributed by atoms with Crippen LogP contribution in [0.2, 0.25) is 0 Å². The Bertz CT molecular complexity index is 512. The Hall–Kier alpha value is -2.17. The summed E-state index contributed by atoms with van der Waals surface area (Å²) in [7, 11) is 0. The summed E-state index contributed by atoms with van der Waals surface area (Å²) in [5.41, 5.74) is 0.873. The van der Waals surface area contributed by atoms with Crippen LogP contribution in [-0.2, 0) is 25.7 Å². The second-order valence-corrected chi connectivity index (χ2v) is 4.81. The van der Waals surface area contributed by atoms with Crippen LogP contribution < -0.4 is 0 Å². The molecule has 1 heterocycles. The van der Waals surface area contributed by atoms with Gasteiger partial charge in [0, 0.05) is 26.3 Å². The van der Waals surface area contributed by atoms with Crippen LogP contribution in [0.5, 0.6) is 0 Å². The maximum atomic E-state index is 12.1. The van der Waals surface area contributed by atoms with Crippen LogP contribution in [-0.4, -0.2) is 35.1 Å². The summed E-state index contributed by atoms with van der Waals surface area (Å²) in [6.07, 6.45) is 0.356. The predicted octanol–water partition coefficient (Wildman–Crippen LogP) is 1.31. The molecule has 2 rings (SSSR count). The zero-order valence-corrected chi connectivity index (χ0v) is 11.4. The summed E-state index contributed by atoms with van der Waals surface area (Å²) in [5, 5.41) is 0. The molecular formula is C15H17NO4. The quantitative estimate of drug-likeness (QED) is 0.780. The molecule has 5 heteroatoms. The molecule has 0 radical (unpaired) electrons. The van der Waals surface area contributed by atoms with Gasteiger partial charge in [-0.1, -0.05) is 30.3 Å². The molecular weight excluding hydrogens is 258 g/mol. The maximum absolute atomic E-state index is 12.1. The highest BCUT2D eigenvalue weighted by Gasteiger charge is 2.35. The van der Waals surface area contributed by atoms with Crippen molar-refractivity contribution in [2.45, 2.75) is 32.4 Å². The van der Waals surface area contributed by atoms with Crippen molar-refractivity contribution in [2.75, 3.05) is 6.54 Å². The van der Waals surface area contributed by atoms with Gasteiger partial charge in [0.15, 0.2) is 0 Å². The first kappa shape index (κ1) is 14.2. The standard InChI is InChI=1S/C15H17NO4/c1-11(17)16-8-7-13(18)9-14(16)15(19)20-10-12-5-3-2-4-6-12/h2-6,14H,7-10H2,1H3. The van der Waals surface area contributed by atoms with Crippen molar-refractivity contribution in [3.8, 4) is 0 Å². The maximum Gasteiger partial charge on any atom is 0.329 e. The SMILES string of the molecule is CC(=O)N1CCC(=O)CC1C(=O)OCc1ccccc1. The van der Waals surface area contributed by atoms with Gasteiger partial charge in [-0.3, -0.25) is 9.59 Å². The largest absolute Gasteiger partial charge is 0.459 e. The molecule has 1 unspecified atom stereocenters. The van der Waals surface area contributed by atoms with Crippen LogP contribution in [0.4, 0.5) is 0 Å². The number of carbonyl (C=O) groups excluding carboxylic acids is 3. The van der Waals surface area contributed by atoms with Gasteiger partial charge in [-0.2, -0.15) is 0 Å². The third-order valence-electron chi connectivity index (χ3n) is 3.33. The first-order valence-electron chi connectivity index (χ1n) is 6.57. The summed E-state index contributed by atoms with van der Waals surface area (Å²) in [6.45, 7) is 1.84. The minimum atomic E-state index is -0.780. The number of hydrogen-bond acceptors (Lipinski definition) is 4. The van der Waals surface area contributed by atoms with E-state index < -0.39 is 12.0 Å². The molecule has 1 aliphatic rings. The van der Waals surface area contributed by atoms with Crippen molar-refractivity contribution in [2.24, 2.45) is 0 Å². The highest BCUT2D eigenvalue weighted by atomic mass is 16.5. The fraction of sp³-hybridized carbons (Fsp3) is 0.400. The molecule has 0 spiro atoms. The Labute approximate surface area is 117 Å². The van der Waals surface area contributed by atoms with E-state index in [4.69, 9.17) is 4.74 Å². The van der Waals surface area contributed by atoms with Crippen LogP contribution in [0.3, 0.4) is 0 Å². The molecule has 1 aliphatic heterocycles. The van der Waals surface area contributed by atoms with E-state index in [0.29, 0.717) is 13.0 Å². The van der Waals surface area contributed by atoms with Gasteiger partial charge < -0.3 is 9.64 Å². The Morgan fingerprint density at radius 1 is 1.30 bits per heavy atom. The molecule has 5 nitrogen and oxygen atoms in total. The Morgan fingerprint density at radius 2 is 2.00 bits per heavy atom. The normalized spacial score (nSPS) is 18.8. The molecule has 1 fully saturated rings. The van der Waals surface area contributed by atoms with E-state index >= 15 is 0 Å². The number of benzene rings is 1. The minimum absolute atomic E-state index is 0.0100. The highest BCUT2D eigenvalue weighted by Crippen LogP contribution is 2.16. The first-order chi connectivity index (χ1) is 9.58. The van der Waals surface area contributed by atoms with Crippen LogP contribution in [0.1, 0.15) is 25.3 Å². The zero-order chi connectivity index (χ0) is 14.5. The fourth-order valence-electron chi connectivity index (χ4n) is 2.24. The summed E-state index contributed by atoms with van der Waals surface area (Å²) in [4.78, 5) is 36.5. The number of ketones is 1. The van der Waals surface area contributed by atoms with E-state index in [1.165, 1.54) is 11.8 Å². The number of likely N-dealkylation sites (tertiary alicyclic amines) is 1. The molecule has 1 amide bonds. The van der Waals surface area contributed by atoms with Gasteiger partial charge >= 0.3 is 5.97 Å². The molecule has 20 heavy (non-hydrogen) atoms. The van der Waals surface area contributed by atoms with Crippen molar-refractivity contribution >= 4 is 17.7 Å². The van der Waals surface area contributed by atoms with E-state index in [0.717, 1.165) is 5.56 Å². The van der Waals surface area contributed by atoms with E-state index in [1.807, 2.05) is 30.3 Å². The molecule has 0 N–H and O–H groups in total. The lowest BCUT2D eigenvalue weighted by Gasteiger charge is -2.32. The number of rotatable bonds is 3. The zero-order valence-electron chi connectivity index (χ0n) is 11.4. The Kier molecular flexibility index (Phi) is 4.50. The number of Topliss-reactive ketones (excluding diaryl/α,β-unsaturated/α-hetero) is 1. The molecule has 0 bridgehead atoms. The average molecular weight is 275 g/mol. The predicted molar refractivity (Wildman–Crippen MR) is 71.7 cm³/mol. The monoisotopic (exact) mass is 275 g/mol. The molecule has 0 saturated carbocycles. The lowest BCUT2D eigenvalue weighted by atomic mass is 10.0. The van der Waals surface area contributed by atoms with Gasteiger partial charge in [0.25, 0.3) is 0 Å². The molecule has 0 aromatic heterocycles. The second-order valence-electron chi connectivity index (χ2n) is 4.81. The van der Waals surface area contributed by atoms with Crippen molar-refractivity contribution < 1.29 is 19.1 Å². The van der Waals surface area contributed by atoms with E-state index in [9.17, 15) is 14.4 Å². The number of ether oxygens (including phenoxy) is 1. The number of carbonyl (C=O) groups is 3. The number of hydrogen-bond donors (Lipinski definition) is 0. The van der Waals surface area contributed by atoms with Crippen molar-refractivity contribution in [1.82, 2.24) is 4.90 Å². The molecule has 1 aromatic carbocycles. The lowest BCUT2D eigenvalue weighted by molar-refractivity contribution is -0.159. The van der Waals surface area contributed by atoms with Crippen LogP contribution in [0.15, 0.2) is 30.3 Å². The molecule has 1 atom stereocenters. The van der Waals surface area contributed by atoms with Crippen molar-refractivity contribution in [3.63, 3.8) is 0 Å². The van der Waals surface area contributed by atoms with Gasteiger partial charge in [0.2, 0.25) is 5.91 Å². The van der Waals surface area contributed by atoms with Crippen LogP contribution in [0, 0.1) is 0 Å². The van der Waals surface area contributed by atoms with Gasteiger partial charge in [-0.05, 0) is 5.56 Å². The van der Waals surface area contributed by atoms with E-state index in [2.05, 4.69) is 0 Å². The van der Waals surface area contributed by atoms with Crippen molar-refractivity contribution in [1.29, 1.82) is 0 Å². The van der Waals surface area contributed by atoms with Gasteiger partial charge in [0.1, 0.15) is 18.4 Å². The summed E-state index contributed by atoms with van der Waals surface area (Å²) < 4.78 is 5.21. The van der Waals surface area contributed by atoms with Crippen LogP contribution >= 0.6 is 0 Å². The second kappa shape index (κ2) is 6.32. The Morgan fingerprint density at radius 3 is 2.65 bits per heavy atom. The number of amides is 1. The highest BCUT2D eigenvalue weighted by molar-refractivity contribution is 5.91. The Balaban J connectivity index is 1.98. The number of esters is 1. The number of piperidine rings is 1. The van der Waals surface area contributed by atoms with Gasteiger partial charge in [0.05, 0.1) is 0 Å². The lowest BCUT2D eigenvalue weighted by Crippen LogP contribution is -2.50. The third-order valence-corrected chi connectivity index (χ3v) is 3.33. The first-order valence-corrected chi connectivity index (χ1v) is 6.57. The van der Waals surface area contributed by atoms with Crippen molar-refractivity contribution in [3.05, 3.63) is 35.9 Å². The molecule has 1 saturated heterocycles. The minimum Gasteiger partial charge on any atom is -0.459 e.